The maximum atomic E-state index is 14.1. The predicted molar refractivity (Wildman–Crippen MR) is 92.3 cm³/mol. The van der Waals surface area contributed by atoms with Crippen LogP contribution in [0.2, 0.25) is 0 Å². The Morgan fingerprint density at radius 3 is 2.24 bits per heavy atom. The molecule has 0 aromatic heterocycles. The van der Waals surface area contributed by atoms with Gasteiger partial charge in [0.25, 0.3) is 0 Å². The van der Waals surface area contributed by atoms with Gasteiger partial charge in [0, 0.05) is 5.70 Å². The molecule has 1 heterocycles. The van der Waals surface area contributed by atoms with Crippen molar-refractivity contribution in [3.05, 3.63) is 35.5 Å². The summed E-state index contributed by atoms with van der Waals surface area (Å²) in [5.74, 6) is -3.66. The van der Waals surface area contributed by atoms with Gasteiger partial charge in [-0.3, -0.25) is 10.3 Å². The van der Waals surface area contributed by atoms with E-state index in [0.717, 1.165) is 11.0 Å². The van der Waals surface area contributed by atoms with Crippen LogP contribution in [0, 0.1) is 28.1 Å². The smallest absolute Gasteiger partial charge is 0.408 e. The average Bonchev–Trinajstić information content (AvgIpc) is 2.65. The van der Waals surface area contributed by atoms with Crippen LogP contribution in [0.1, 0.15) is 25.7 Å². The van der Waals surface area contributed by atoms with Crippen LogP contribution < -0.4 is 9.64 Å². The van der Waals surface area contributed by atoms with E-state index in [4.69, 9.17) is 10.1 Å². The topological polar surface area (TPSA) is 60.1 Å². The Labute approximate surface area is 162 Å². The SMILES string of the molecule is COc1ccccc1N1C(=N)C(C#N)C(C(F)(F)F)(C(F)(F)F)C2=C1CCCC2. The summed E-state index contributed by atoms with van der Waals surface area (Å²) >= 11 is 0. The van der Waals surface area contributed by atoms with Gasteiger partial charge in [0.1, 0.15) is 17.5 Å². The first-order valence-corrected chi connectivity index (χ1v) is 8.79. The van der Waals surface area contributed by atoms with Crippen LogP contribution in [0.4, 0.5) is 32.0 Å². The van der Waals surface area contributed by atoms with Gasteiger partial charge >= 0.3 is 12.4 Å². The van der Waals surface area contributed by atoms with E-state index in [1.165, 1.54) is 25.3 Å². The van der Waals surface area contributed by atoms with E-state index in [9.17, 15) is 31.6 Å². The fourth-order valence-electron chi connectivity index (χ4n) is 4.29. The summed E-state index contributed by atoms with van der Waals surface area (Å²) < 4.78 is 89.8. The standard InChI is InChI=1S/C19H17F6N3O/c1-29-15-9-5-4-8-14(15)28-13-7-3-2-6-11(13)17(18(20,21)22,19(23,24)25)12(10-26)16(28)27/h4-5,8-9,12,27H,2-3,6-7H2,1H3. The van der Waals surface area contributed by atoms with Gasteiger partial charge in [-0.25, -0.2) is 0 Å². The van der Waals surface area contributed by atoms with E-state index in [-0.39, 0.29) is 30.0 Å². The van der Waals surface area contributed by atoms with Crippen molar-refractivity contribution in [3.8, 4) is 11.8 Å². The monoisotopic (exact) mass is 417 g/mol. The molecule has 0 fully saturated rings. The highest BCUT2D eigenvalue weighted by atomic mass is 19.4. The number of nitrogens with zero attached hydrogens (tertiary/aromatic N) is 2. The van der Waals surface area contributed by atoms with Gasteiger partial charge in [-0.2, -0.15) is 31.6 Å². The number of alkyl halides is 6. The molecule has 1 aliphatic heterocycles. The van der Waals surface area contributed by atoms with E-state index < -0.39 is 41.5 Å². The third kappa shape index (κ3) is 2.86. The second kappa shape index (κ2) is 6.97. The zero-order valence-electron chi connectivity index (χ0n) is 15.3. The van der Waals surface area contributed by atoms with Crippen molar-refractivity contribution in [2.75, 3.05) is 12.0 Å². The summed E-state index contributed by atoms with van der Waals surface area (Å²) in [4.78, 5) is 1.02. The molecular formula is C19H17F6N3O. The first-order valence-electron chi connectivity index (χ1n) is 8.79. The Bertz CT molecular complexity index is 882. The molecule has 1 unspecified atom stereocenters. The second-order valence-corrected chi connectivity index (χ2v) is 6.89. The molecule has 0 amide bonds. The van der Waals surface area contributed by atoms with Crippen LogP contribution in [0.5, 0.6) is 5.75 Å². The highest BCUT2D eigenvalue weighted by Gasteiger charge is 2.79. The number of nitriles is 1. The number of halogens is 6. The van der Waals surface area contributed by atoms with E-state index in [0.29, 0.717) is 6.42 Å². The Hall–Kier alpha value is -2.70. The molecule has 1 aromatic carbocycles. The van der Waals surface area contributed by atoms with E-state index >= 15 is 0 Å². The van der Waals surface area contributed by atoms with E-state index in [1.807, 2.05) is 0 Å². The zero-order valence-corrected chi connectivity index (χ0v) is 15.3. The summed E-state index contributed by atoms with van der Waals surface area (Å²) in [5, 5.41) is 17.7. The molecule has 10 heteroatoms. The first kappa shape index (κ1) is 21.0. The molecule has 29 heavy (non-hydrogen) atoms. The Kier molecular flexibility index (Phi) is 5.05. The third-order valence-electron chi connectivity index (χ3n) is 5.48. The van der Waals surface area contributed by atoms with Crippen molar-refractivity contribution in [2.45, 2.75) is 38.0 Å². The lowest BCUT2D eigenvalue weighted by molar-refractivity contribution is -0.333. The Morgan fingerprint density at radius 1 is 1.10 bits per heavy atom. The maximum Gasteiger partial charge on any atom is 0.408 e. The number of amidine groups is 1. The lowest BCUT2D eigenvalue weighted by Crippen LogP contribution is -2.63. The van der Waals surface area contributed by atoms with E-state index in [2.05, 4.69) is 0 Å². The van der Waals surface area contributed by atoms with Crippen molar-refractivity contribution in [2.24, 2.45) is 11.3 Å². The number of rotatable bonds is 2. The van der Waals surface area contributed by atoms with Crippen LogP contribution in [0.15, 0.2) is 35.5 Å². The molecule has 0 spiro atoms. The molecule has 0 radical (unpaired) electrons. The number of benzene rings is 1. The highest BCUT2D eigenvalue weighted by molar-refractivity contribution is 6.05. The van der Waals surface area contributed by atoms with Crippen molar-refractivity contribution in [3.63, 3.8) is 0 Å². The molecule has 4 nitrogen and oxygen atoms in total. The quantitative estimate of drug-likeness (QED) is 0.640. The Morgan fingerprint density at radius 2 is 1.69 bits per heavy atom. The molecule has 1 atom stereocenters. The number of hydrogen-bond acceptors (Lipinski definition) is 3. The number of para-hydroxylation sites is 2. The van der Waals surface area contributed by atoms with Crippen molar-refractivity contribution in [1.82, 2.24) is 0 Å². The number of hydrogen-bond donors (Lipinski definition) is 1. The number of nitrogens with one attached hydrogen (secondary N) is 1. The summed E-state index contributed by atoms with van der Waals surface area (Å²) in [7, 11) is 1.31. The molecule has 1 aliphatic carbocycles. The molecule has 1 N–H and O–H groups in total. The summed E-state index contributed by atoms with van der Waals surface area (Å²) in [6.45, 7) is 0. The molecule has 1 aromatic rings. The first-order chi connectivity index (χ1) is 13.5. The van der Waals surface area contributed by atoms with Gasteiger partial charge in [0.05, 0.1) is 18.9 Å². The summed E-state index contributed by atoms with van der Waals surface area (Å²) in [6, 6.07) is 7.19. The van der Waals surface area contributed by atoms with E-state index in [1.54, 1.807) is 6.07 Å². The molecule has 2 aliphatic rings. The molecule has 0 saturated heterocycles. The van der Waals surface area contributed by atoms with Crippen LogP contribution in [0.3, 0.4) is 0 Å². The van der Waals surface area contributed by atoms with Gasteiger partial charge in [-0.1, -0.05) is 12.1 Å². The Balaban J connectivity index is 2.42. The fraction of sp³-hybridized carbons (Fsp3) is 0.474. The van der Waals surface area contributed by atoms with Gasteiger partial charge in [0.2, 0.25) is 5.41 Å². The normalized spacial score (nSPS) is 22.2. The summed E-state index contributed by atoms with van der Waals surface area (Å²) in [6.07, 6.45) is -11.6. The number of anilines is 1. The van der Waals surface area contributed by atoms with Gasteiger partial charge < -0.3 is 4.74 Å². The van der Waals surface area contributed by atoms with Gasteiger partial charge in [-0.05, 0) is 43.4 Å². The number of methoxy groups -OCH3 is 1. The fourth-order valence-corrected chi connectivity index (χ4v) is 4.29. The minimum absolute atomic E-state index is 0.0676. The molecule has 0 saturated carbocycles. The number of ether oxygens (including phenoxy) is 1. The predicted octanol–water partition coefficient (Wildman–Crippen LogP) is 5.57. The van der Waals surface area contributed by atoms with Crippen molar-refractivity contribution in [1.29, 1.82) is 10.7 Å². The highest BCUT2D eigenvalue weighted by Crippen LogP contribution is 2.64. The number of allylic oxidation sites excluding steroid dienone is 2. The van der Waals surface area contributed by atoms with Gasteiger partial charge in [0.15, 0.2) is 0 Å². The largest absolute Gasteiger partial charge is 0.495 e. The molecule has 156 valence electrons. The average molecular weight is 417 g/mol. The van der Waals surface area contributed by atoms with Crippen LogP contribution in [-0.4, -0.2) is 25.3 Å². The minimum atomic E-state index is -5.79. The van der Waals surface area contributed by atoms with Crippen LogP contribution >= 0.6 is 0 Å². The van der Waals surface area contributed by atoms with Crippen molar-refractivity contribution < 1.29 is 31.1 Å². The third-order valence-corrected chi connectivity index (χ3v) is 5.48. The molecular weight excluding hydrogens is 400 g/mol. The van der Waals surface area contributed by atoms with Gasteiger partial charge in [-0.15, -0.1) is 0 Å². The lowest BCUT2D eigenvalue weighted by Gasteiger charge is -2.50. The zero-order chi connectivity index (χ0) is 21.6. The van der Waals surface area contributed by atoms with Crippen LogP contribution in [0.25, 0.3) is 0 Å². The second-order valence-electron chi connectivity index (χ2n) is 6.89. The van der Waals surface area contributed by atoms with Crippen molar-refractivity contribution >= 4 is 11.5 Å². The minimum Gasteiger partial charge on any atom is -0.495 e. The summed E-state index contributed by atoms with van der Waals surface area (Å²) in [5.41, 5.74) is -5.38. The molecule has 3 rings (SSSR count). The van der Waals surface area contributed by atoms with Crippen LogP contribution in [-0.2, 0) is 0 Å². The lowest BCUT2D eigenvalue weighted by atomic mass is 9.62. The maximum absolute atomic E-state index is 14.1. The molecule has 0 bridgehead atoms.